The first-order chi connectivity index (χ1) is 15.8. The van der Waals surface area contributed by atoms with Gasteiger partial charge in [-0.25, -0.2) is 0 Å². The van der Waals surface area contributed by atoms with E-state index in [1.165, 1.54) is 0 Å². The lowest BCUT2D eigenvalue weighted by Crippen LogP contribution is -2.48. The summed E-state index contributed by atoms with van der Waals surface area (Å²) in [4.78, 5) is 0. The Balaban J connectivity index is 1.42. The van der Waals surface area contributed by atoms with Crippen molar-refractivity contribution in [3.8, 4) is 0 Å². The van der Waals surface area contributed by atoms with E-state index in [2.05, 4.69) is 43.0 Å². The van der Waals surface area contributed by atoms with E-state index >= 15 is 0 Å². The molecule has 4 nitrogen and oxygen atoms in total. The lowest BCUT2D eigenvalue weighted by atomic mass is 10.0. The van der Waals surface area contributed by atoms with Crippen LogP contribution in [0.5, 0.6) is 0 Å². The first-order valence-corrected chi connectivity index (χ1v) is 11.0. The minimum absolute atomic E-state index is 0.162. The first-order valence-electron chi connectivity index (χ1n) is 11.0. The summed E-state index contributed by atoms with van der Waals surface area (Å²) in [6.45, 7) is 6.00. The van der Waals surface area contributed by atoms with Gasteiger partial charge in [0.1, 0.15) is 12.2 Å². The third kappa shape index (κ3) is 6.54. The Kier molecular flexibility index (Phi) is 8.10. The molecule has 0 aliphatic carbocycles. The van der Waals surface area contributed by atoms with Crippen LogP contribution in [0.2, 0.25) is 0 Å². The Hall–Kier alpha value is -2.92. The molecule has 3 aromatic carbocycles. The summed E-state index contributed by atoms with van der Waals surface area (Å²) >= 11 is 0. The predicted octanol–water partition coefficient (Wildman–Crippen LogP) is 5.68. The van der Waals surface area contributed by atoms with Crippen molar-refractivity contribution in [3.05, 3.63) is 120 Å². The molecule has 1 fully saturated rings. The summed E-state index contributed by atoms with van der Waals surface area (Å²) in [7, 11) is 0. The van der Waals surface area contributed by atoms with Gasteiger partial charge < -0.3 is 18.9 Å². The van der Waals surface area contributed by atoms with E-state index in [1.54, 1.807) is 0 Å². The molecular formula is C28H30O4. The summed E-state index contributed by atoms with van der Waals surface area (Å²) in [5, 5.41) is 0. The Morgan fingerprint density at radius 3 is 1.75 bits per heavy atom. The average Bonchev–Trinajstić information content (AvgIpc) is 2.84. The molecule has 3 aromatic rings. The fraction of sp³-hybridized carbons (Fsp3) is 0.286. The highest BCUT2D eigenvalue weighted by Gasteiger charge is 2.38. The smallest absolute Gasteiger partial charge is 0.150 e. The zero-order valence-corrected chi connectivity index (χ0v) is 18.3. The Morgan fingerprint density at radius 1 is 0.688 bits per heavy atom. The van der Waals surface area contributed by atoms with Gasteiger partial charge in [-0.1, -0.05) is 97.6 Å². The van der Waals surface area contributed by atoms with E-state index in [4.69, 9.17) is 18.9 Å². The van der Waals surface area contributed by atoms with Crippen molar-refractivity contribution in [2.75, 3.05) is 6.61 Å². The molecule has 0 aromatic heterocycles. The van der Waals surface area contributed by atoms with Gasteiger partial charge in [-0.3, -0.25) is 0 Å². The number of ether oxygens (including phenoxy) is 4. The van der Waals surface area contributed by atoms with Crippen molar-refractivity contribution in [2.24, 2.45) is 0 Å². The molecule has 0 spiro atoms. The average molecular weight is 431 g/mol. The topological polar surface area (TPSA) is 36.9 Å². The van der Waals surface area contributed by atoms with Crippen LogP contribution in [0.3, 0.4) is 0 Å². The number of hydrogen-bond donors (Lipinski definition) is 0. The van der Waals surface area contributed by atoms with Gasteiger partial charge in [0.2, 0.25) is 0 Å². The van der Waals surface area contributed by atoms with Crippen LogP contribution >= 0.6 is 0 Å². The van der Waals surface area contributed by atoms with Crippen molar-refractivity contribution < 1.29 is 18.9 Å². The molecule has 0 bridgehead atoms. The standard InChI is InChI=1S/C28H30O4/c1-22-17-26(30-19-24-13-7-3-8-14-24)28(31-20-25-15-9-4-10-16-25)27(32-22)21-29-18-23-11-5-2-6-12-23/h2-16,26-28H,1,17-21H2/t26-,27-,28+/m1/s1. The molecule has 0 radical (unpaired) electrons. The Bertz CT molecular complexity index is 943. The van der Waals surface area contributed by atoms with Crippen LogP contribution < -0.4 is 0 Å². The monoisotopic (exact) mass is 430 g/mol. The van der Waals surface area contributed by atoms with E-state index in [-0.39, 0.29) is 18.3 Å². The maximum atomic E-state index is 6.36. The second-order valence-electron chi connectivity index (χ2n) is 8.00. The van der Waals surface area contributed by atoms with E-state index < -0.39 is 0 Å². The van der Waals surface area contributed by atoms with Crippen molar-refractivity contribution in [3.63, 3.8) is 0 Å². The number of hydrogen-bond acceptors (Lipinski definition) is 4. The summed E-state index contributed by atoms with van der Waals surface area (Å²) in [5.74, 6) is 0.705. The SMILES string of the molecule is C=C1C[C@@H](OCc2ccccc2)[C@H](OCc2ccccc2)[C@@H](COCc2ccccc2)O1. The van der Waals surface area contributed by atoms with Crippen LogP contribution in [0.25, 0.3) is 0 Å². The van der Waals surface area contributed by atoms with Crippen molar-refractivity contribution in [1.29, 1.82) is 0 Å². The van der Waals surface area contributed by atoms with Crippen LogP contribution in [0, 0.1) is 0 Å². The van der Waals surface area contributed by atoms with Gasteiger partial charge >= 0.3 is 0 Å². The highest BCUT2D eigenvalue weighted by Crippen LogP contribution is 2.29. The predicted molar refractivity (Wildman–Crippen MR) is 125 cm³/mol. The molecule has 1 heterocycles. The van der Waals surface area contributed by atoms with Crippen LogP contribution in [-0.4, -0.2) is 24.9 Å². The van der Waals surface area contributed by atoms with Crippen molar-refractivity contribution in [1.82, 2.24) is 0 Å². The van der Waals surface area contributed by atoms with Crippen LogP contribution in [0.15, 0.2) is 103 Å². The minimum Gasteiger partial charge on any atom is -0.490 e. The van der Waals surface area contributed by atoms with Gasteiger partial charge in [0.05, 0.1) is 38.3 Å². The normalized spacial score (nSPS) is 20.6. The molecule has 4 heteroatoms. The molecule has 0 amide bonds. The summed E-state index contributed by atoms with van der Waals surface area (Å²) < 4.78 is 24.8. The minimum atomic E-state index is -0.288. The summed E-state index contributed by atoms with van der Waals surface area (Å²) in [6.07, 6.45) is -0.114. The molecule has 0 saturated carbocycles. The van der Waals surface area contributed by atoms with Crippen LogP contribution in [0.1, 0.15) is 23.1 Å². The third-order valence-electron chi connectivity index (χ3n) is 5.47. The highest BCUT2D eigenvalue weighted by molar-refractivity contribution is 5.15. The van der Waals surface area contributed by atoms with Gasteiger partial charge in [0.25, 0.3) is 0 Å². The van der Waals surface area contributed by atoms with E-state index in [1.807, 2.05) is 54.6 Å². The molecular weight excluding hydrogens is 400 g/mol. The fourth-order valence-corrected chi connectivity index (χ4v) is 3.82. The number of benzene rings is 3. The van der Waals surface area contributed by atoms with Crippen LogP contribution in [-0.2, 0) is 38.8 Å². The molecule has 0 N–H and O–H groups in total. The largest absolute Gasteiger partial charge is 0.490 e. The second kappa shape index (κ2) is 11.6. The molecule has 3 atom stereocenters. The lowest BCUT2D eigenvalue weighted by Gasteiger charge is -2.39. The maximum Gasteiger partial charge on any atom is 0.150 e. The summed E-state index contributed by atoms with van der Waals surface area (Å²) in [5.41, 5.74) is 3.37. The maximum absolute atomic E-state index is 6.36. The molecule has 166 valence electrons. The van der Waals surface area contributed by atoms with Crippen molar-refractivity contribution in [2.45, 2.75) is 44.6 Å². The third-order valence-corrected chi connectivity index (χ3v) is 5.47. The zero-order valence-electron chi connectivity index (χ0n) is 18.3. The van der Waals surface area contributed by atoms with E-state index in [0.29, 0.717) is 38.6 Å². The van der Waals surface area contributed by atoms with Crippen LogP contribution in [0.4, 0.5) is 0 Å². The number of rotatable bonds is 10. The Morgan fingerprint density at radius 2 is 1.19 bits per heavy atom. The highest BCUT2D eigenvalue weighted by atomic mass is 16.6. The van der Waals surface area contributed by atoms with Gasteiger partial charge in [0.15, 0.2) is 0 Å². The second-order valence-corrected chi connectivity index (χ2v) is 8.00. The van der Waals surface area contributed by atoms with E-state index in [9.17, 15) is 0 Å². The van der Waals surface area contributed by atoms with Gasteiger partial charge in [-0.05, 0) is 16.7 Å². The van der Waals surface area contributed by atoms with Gasteiger partial charge in [-0.15, -0.1) is 0 Å². The molecule has 1 aliphatic rings. The van der Waals surface area contributed by atoms with Crippen molar-refractivity contribution >= 4 is 0 Å². The molecule has 1 saturated heterocycles. The summed E-state index contributed by atoms with van der Waals surface area (Å²) in [6, 6.07) is 30.4. The first kappa shape index (κ1) is 22.3. The Labute approximate surface area is 190 Å². The molecule has 1 aliphatic heterocycles. The van der Waals surface area contributed by atoms with Gasteiger partial charge in [-0.2, -0.15) is 0 Å². The van der Waals surface area contributed by atoms with Gasteiger partial charge in [0, 0.05) is 6.42 Å². The lowest BCUT2D eigenvalue weighted by molar-refractivity contribution is -0.178. The van der Waals surface area contributed by atoms with E-state index in [0.717, 1.165) is 16.7 Å². The zero-order chi connectivity index (χ0) is 22.0. The molecule has 0 unspecified atom stereocenters. The quantitative estimate of drug-likeness (QED) is 0.415. The fourth-order valence-electron chi connectivity index (χ4n) is 3.82. The molecule has 4 rings (SSSR count). The molecule has 32 heavy (non-hydrogen) atoms.